The number of aromatic nitrogens is 2. The van der Waals surface area contributed by atoms with Gasteiger partial charge in [0.05, 0.1) is 0 Å². The number of nitrogens with zero attached hydrogens (tertiary/aromatic N) is 2. The molecule has 1 aromatic carbocycles. The summed E-state index contributed by atoms with van der Waals surface area (Å²) in [7, 11) is 0. The molecule has 15 heavy (non-hydrogen) atoms. The SMILES string of the molecule is Cc1cc(Sc2ccccc2)nc[n+]1[O-]. The highest BCUT2D eigenvalue weighted by molar-refractivity contribution is 7.99. The Labute approximate surface area is 92.4 Å². The van der Waals surface area contributed by atoms with Crippen molar-refractivity contribution in [2.45, 2.75) is 16.8 Å². The largest absolute Gasteiger partial charge is 0.711 e. The molecule has 1 aromatic heterocycles. The molecule has 1 heterocycles. The highest BCUT2D eigenvalue weighted by Gasteiger charge is 2.05. The maximum atomic E-state index is 11.1. The van der Waals surface area contributed by atoms with Gasteiger partial charge in [0.25, 0.3) is 6.33 Å². The minimum atomic E-state index is 0.656. The highest BCUT2D eigenvalue weighted by atomic mass is 32.2. The minimum absolute atomic E-state index is 0.656. The topological polar surface area (TPSA) is 39.8 Å². The fourth-order valence-electron chi connectivity index (χ4n) is 1.15. The second-order valence-electron chi connectivity index (χ2n) is 3.11. The monoisotopic (exact) mass is 218 g/mol. The maximum Gasteiger partial charge on any atom is 0.290 e. The second kappa shape index (κ2) is 4.31. The average Bonchev–Trinajstić information content (AvgIpc) is 2.25. The fraction of sp³-hybridized carbons (Fsp3) is 0.0909. The third-order valence-corrected chi connectivity index (χ3v) is 2.88. The quantitative estimate of drug-likeness (QED) is 0.440. The van der Waals surface area contributed by atoms with Gasteiger partial charge in [0.1, 0.15) is 5.69 Å². The Hall–Kier alpha value is -1.55. The summed E-state index contributed by atoms with van der Waals surface area (Å²) in [6, 6.07) is 11.7. The van der Waals surface area contributed by atoms with Gasteiger partial charge in [-0.25, -0.2) is 4.73 Å². The van der Waals surface area contributed by atoms with Gasteiger partial charge in [-0.1, -0.05) is 18.2 Å². The zero-order valence-corrected chi connectivity index (χ0v) is 9.07. The first-order valence-electron chi connectivity index (χ1n) is 4.54. The third kappa shape index (κ3) is 2.47. The zero-order valence-electron chi connectivity index (χ0n) is 8.25. The van der Waals surface area contributed by atoms with Gasteiger partial charge in [-0.15, -0.1) is 0 Å². The highest BCUT2D eigenvalue weighted by Crippen LogP contribution is 2.24. The van der Waals surface area contributed by atoms with Crippen molar-refractivity contribution in [1.29, 1.82) is 0 Å². The number of rotatable bonds is 2. The molecule has 0 bridgehead atoms. The first kappa shape index (κ1) is 9.98. The van der Waals surface area contributed by atoms with E-state index in [-0.39, 0.29) is 0 Å². The van der Waals surface area contributed by atoms with Crippen LogP contribution in [0, 0.1) is 12.1 Å². The molecule has 0 amide bonds. The van der Waals surface area contributed by atoms with Crippen LogP contribution in [0.4, 0.5) is 0 Å². The summed E-state index contributed by atoms with van der Waals surface area (Å²) < 4.78 is 0.759. The van der Waals surface area contributed by atoms with Gasteiger partial charge in [0.2, 0.25) is 5.03 Å². The minimum Gasteiger partial charge on any atom is -0.711 e. The van der Waals surface area contributed by atoms with Crippen LogP contribution in [0.2, 0.25) is 0 Å². The van der Waals surface area contributed by atoms with Crippen LogP contribution < -0.4 is 4.73 Å². The molecule has 0 saturated carbocycles. The van der Waals surface area contributed by atoms with E-state index >= 15 is 0 Å². The van der Waals surface area contributed by atoms with Crippen LogP contribution in [0.5, 0.6) is 0 Å². The molecule has 0 radical (unpaired) electrons. The van der Waals surface area contributed by atoms with Crippen molar-refractivity contribution in [2.24, 2.45) is 0 Å². The Morgan fingerprint density at radius 2 is 2.00 bits per heavy atom. The molecule has 4 heteroatoms. The molecule has 0 atom stereocenters. The molecule has 2 aromatic rings. The van der Waals surface area contributed by atoms with E-state index in [1.807, 2.05) is 30.3 Å². The Balaban J connectivity index is 2.22. The van der Waals surface area contributed by atoms with Crippen molar-refractivity contribution in [3.8, 4) is 0 Å². The summed E-state index contributed by atoms with van der Waals surface area (Å²) in [5.74, 6) is 0. The summed E-state index contributed by atoms with van der Waals surface area (Å²) in [4.78, 5) is 5.17. The van der Waals surface area contributed by atoms with E-state index < -0.39 is 0 Å². The van der Waals surface area contributed by atoms with Crippen molar-refractivity contribution in [2.75, 3.05) is 0 Å². The van der Waals surface area contributed by atoms with E-state index in [2.05, 4.69) is 4.98 Å². The predicted molar refractivity (Wildman–Crippen MR) is 58.5 cm³/mol. The van der Waals surface area contributed by atoms with Crippen LogP contribution in [0.3, 0.4) is 0 Å². The molecule has 0 spiro atoms. The predicted octanol–water partition coefficient (Wildman–Crippen LogP) is 2.17. The normalized spacial score (nSPS) is 10.2. The Morgan fingerprint density at radius 1 is 1.27 bits per heavy atom. The van der Waals surface area contributed by atoms with Crippen molar-refractivity contribution in [3.05, 3.63) is 53.6 Å². The van der Waals surface area contributed by atoms with Gasteiger partial charge in [-0.05, 0) is 35.8 Å². The second-order valence-corrected chi connectivity index (χ2v) is 4.20. The molecular formula is C11H10N2OS. The Morgan fingerprint density at radius 3 is 2.67 bits per heavy atom. The number of hydrogen-bond acceptors (Lipinski definition) is 3. The molecule has 0 saturated heterocycles. The standard InChI is InChI=1S/C11H10N2OS/c1-9-7-11(12-8-13(9)14)15-10-5-3-2-4-6-10/h2-8H,1H3. The van der Waals surface area contributed by atoms with Crippen LogP contribution >= 0.6 is 11.8 Å². The molecule has 3 nitrogen and oxygen atoms in total. The van der Waals surface area contributed by atoms with Crippen LogP contribution in [0.15, 0.2) is 52.6 Å². The van der Waals surface area contributed by atoms with Crippen LogP contribution in [0.25, 0.3) is 0 Å². The molecule has 0 unspecified atom stereocenters. The summed E-state index contributed by atoms with van der Waals surface area (Å²) in [6.45, 7) is 1.77. The Kier molecular flexibility index (Phi) is 2.87. The van der Waals surface area contributed by atoms with E-state index in [0.717, 1.165) is 14.7 Å². The van der Waals surface area contributed by atoms with E-state index in [9.17, 15) is 5.21 Å². The van der Waals surface area contributed by atoms with E-state index in [4.69, 9.17) is 0 Å². The first-order valence-corrected chi connectivity index (χ1v) is 5.36. The van der Waals surface area contributed by atoms with Gasteiger partial charge in [0, 0.05) is 11.0 Å². The molecule has 76 valence electrons. The third-order valence-electron chi connectivity index (χ3n) is 1.94. The van der Waals surface area contributed by atoms with E-state index in [1.54, 1.807) is 24.8 Å². The molecular weight excluding hydrogens is 208 g/mol. The molecule has 0 aliphatic heterocycles. The van der Waals surface area contributed by atoms with Gasteiger partial charge in [-0.2, -0.15) is 0 Å². The van der Waals surface area contributed by atoms with Crippen molar-refractivity contribution in [1.82, 2.24) is 4.98 Å². The van der Waals surface area contributed by atoms with Crippen LogP contribution in [-0.2, 0) is 0 Å². The summed E-state index contributed by atoms with van der Waals surface area (Å²) in [6.07, 6.45) is 1.29. The lowest BCUT2D eigenvalue weighted by Crippen LogP contribution is -2.29. The lowest BCUT2D eigenvalue weighted by atomic mass is 10.4. The fourth-order valence-corrected chi connectivity index (χ4v) is 2.01. The van der Waals surface area contributed by atoms with Crippen molar-refractivity contribution < 1.29 is 4.73 Å². The van der Waals surface area contributed by atoms with Gasteiger partial charge < -0.3 is 5.21 Å². The van der Waals surface area contributed by atoms with Gasteiger partial charge in [-0.3, -0.25) is 0 Å². The van der Waals surface area contributed by atoms with E-state index in [1.165, 1.54) is 6.33 Å². The van der Waals surface area contributed by atoms with Gasteiger partial charge >= 0.3 is 0 Å². The lowest BCUT2D eigenvalue weighted by Gasteiger charge is -2.03. The number of benzene rings is 1. The lowest BCUT2D eigenvalue weighted by molar-refractivity contribution is -0.616. The van der Waals surface area contributed by atoms with Crippen LogP contribution in [0.1, 0.15) is 5.69 Å². The first-order chi connectivity index (χ1) is 7.25. The summed E-state index contributed by atoms with van der Waals surface area (Å²) in [5, 5.41) is 11.9. The smallest absolute Gasteiger partial charge is 0.290 e. The summed E-state index contributed by atoms with van der Waals surface area (Å²) in [5.41, 5.74) is 0.656. The summed E-state index contributed by atoms with van der Waals surface area (Å²) >= 11 is 1.55. The average molecular weight is 218 g/mol. The van der Waals surface area contributed by atoms with Crippen molar-refractivity contribution in [3.63, 3.8) is 0 Å². The molecule has 0 fully saturated rings. The van der Waals surface area contributed by atoms with Gasteiger partial charge in [0.15, 0.2) is 0 Å². The molecule has 2 rings (SSSR count). The number of hydrogen-bond donors (Lipinski definition) is 0. The van der Waals surface area contributed by atoms with E-state index in [0.29, 0.717) is 5.69 Å². The molecule has 0 N–H and O–H groups in total. The maximum absolute atomic E-state index is 11.1. The molecule has 0 aliphatic carbocycles. The Bertz CT molecular complexity index is 459. The number of aryl methyl sites for hydroxylation is 1. The van der Waals surface area contributed by atoms with Crippen molar-refractivity contribution >= 4 is 11.8 Å². The molecule has 0 aliphatic rings. The zero-order chi connectivity index (χ0) is 10.7. The van der Waals surface area contributed by atoms with Crippen LogP contribution in [-0.4, -0.2) is 4.98 Å².